The van der Waals surface area contributed by atoms with Crippen LogP contribution in [0.2, 0.25) is 0 Å². The van der Waals surface area contributed by atoms with Gasteiger partial charge < -0.3 is 4.90 Å². The summed E-state index contributed by atoms with van der Waals surface area (Å²) in [4.78, 5) is 2.08. The zero-order valence-electron chi connectivity index (χ0n) is 7.96. The molecular weight excluding hydrogens is 146 g/mol. The normalized spacial score (nSPS) is 11.7. The van der Waals surface area contributed by atoms with Crippen molar-refractivity contribution in [2.75, 3.05) is 13.6 Å². The first kappa shape index (κ1) is 10.8. The van der Waals surface area contributed by atoms with E-state index in [1.807, 2.05) is 44.4 Å². The number of likely N-dealkylation sites (N-methyl/N-ethyl adjacent to an activating group) is 1. The second-order valence-electron chi connectivity index (χ2n) is 2.49. The molecule has 0 unspecified atom stereocenters. The standard InChI is InChI=1S/C11H17N/c1-5-8-9-11(7-3)12(4)10-6-2/h5-9H,2-3,10H2,1,4H3/b8-5-,11-9+. The Bertz CT molecular complexity index is 199. The van der Waals surface area contributed by atoms with E-state index in [1.165, 1.54) is 0 Å². The van der Waals surface area contributed by atoms with Gasteiger partial charge in [-0.15, -0.1) is 6.58 Å². The lowest BCUT2D eigenvalue weighted by atomic mass is 10.3. The molecular formula is C11H17N. The van der Waals surface area contributed by atoms with Gasteiger partial charge in [-0.05, 0) is 19.1 Å². The molecule has 0 heterocycles. The van der Waals surface area contributed by atoms with Gasteiger partial charge in [0.05, 0.1) is 0 Å². The molecule has 0 aromatic rings. The molecule has 0 rings (SSSR count). The van der Waals surface area contributed by atoms with Crippen LogP contribution in [-0.2, 0) is 0 Å². The van der Waals surface area contributed by atoms with Crippen LogP contribution in [-0.4, -0.2) is 18.5 Å². The van der Waals surface area contributed by atoms with Crippen molar-refractivity contribution < 1.29 is 0 Å². The maximum absolute atomic E-state index is 3.74. The zero-order valence-corrected chi connectivity index (χ0v) is 7.96. The van der Waals surface area contributed by atoms with E-state index in [4.69, 9.17) is 0 Å². The van der Waals surface area contributed by atoms with Crippen molar-refractivity contribution in [2.45, 2.75) is 6.92 Å². The van der Waals surface area contributed by atoms with Crippen LogP contribution in [0.15, 0.2) is 49.2 Å². The molecule has 0 aliphatic rings. The van der Waals surface area contributed by atoms with Crippen molar-refractivity contribution in [1.29, 1.82) is 0 Å². The minimum absolute atomic E-state index is 0.843. The lowest BCUT2D eigenvalue weighted by Gasteiger charge is -2.17. The Labute approximate surface area is 75.4 Å². The minimum atomic E-state index is 0.843. The molecule has 0 saturated heterocycles. The van der Waals surface area contributed by atoms with Crippen molar-refractivity contribution in [3.8, 4) is 0 Å². The molecule has 0 spiro atoms. The molecule has 0 aromatic heterocycles. The molecule has 1 heteroatoms. The highest BCUT2D eigenvalue weighted by atomic mass is 15.1. The van der Waals surface area contributed by atoms with E-state index in [9.17, 15) is 0 Å². The maximum atomic E-state index is 3.74. The second kappa shape index (κ2) is 6.47. The summed E-state index contributed by atoms with van der Waals surface area (Å²) in [6, 6.07) is 0. The van der Waals surface area contributed by atoms with Gasteiger partial charge in [-0.1, -0.05) is 24.8 Å². The first-order chi connectivity index (χ1) is 5.76. The number of allylic oxidation sites excluding steroid dienone is 4. The number of rotatable bonds is 5. The molecule has 66 valence electrons. The van der Waals surface area contributed by atoms with Crippen molar-refractivity contribution in [1.82, 2.24) is 4.90 Å². The maximum Gasteiger partial charge on any atom is 0.0360 e. The molecule has 0 amide bonds. The van der Waals surface area contributed by atoms with Crippen molar-refractivity contribution in [2.24, 2.45) is 0 Å². The van der Waals surface area contributed by atoms with Gasteiger partial charge in [-0.3, -0.25) is 0 Å². The smallest absolute Gasteiger partial charge is 0.0360 e. The van der Waals surface area contributed by atoms with E-state index in [2.05, 4.69) is 18.1 Å². The first-order valence-electron chi connectivity index (χ1n) is 4.03. The Morgan fingerprint density at radius 2 is 2.08 bits per heavy atom. The Kier molecular flexibility index (Phi) is 5.80. The molecule has 12 heavy (non-hydrogen) atoms. The monoisotopic (exact) mass is 163 g/mol. The van der Waals surface area contributed by atoms with Crippen LogP contribution in [0.1, 0.15) is 6.92 Å². The lowest BCUT2D eigenvalue weighted by molar-refractivity contribution is 0.480. The molecule has 0 aromatic carbocycles. The molecule has 0 bridgehead atoms. The molecule has 0 radical (unpaired) electrons. The predicted molar refractivity (Wildman–Crippen MR) is 55.9 cm³/mol. The van der Waals surface area contributed by atoms with Crippen LogP contribution in [0.3, 0.4) is 0 Å². The van der Waals surface area contributed by atoms with Crippen molar-refractivity contribution in [3.05, 3.63) is 49.2 Å². The van der Waals surface area contributed by atoms with Crippen LogP contribution >= 0.6 is 0 Å². The summed E-state index contributed by atoms with van der Waals surface area (Å²) >= 11 is 0. The summed E-state index contributed by atoms with van der Waals surface area (Å²) in [7, 11) is 2.01. The SMILES string of the molecule is C=CCN(C)/C(C=C)=C/C=C\C. The zero-order chi connectivity index (χ0) is 9.40. The fraction of sp³-hybridized carbons (Fsp3) is 0.273. The summed E-state index contributed by atoms with van der Waals surface area (Å²) in [5.41, 5.74) is 1.10. The van der Waals surface area contributed by atoms with Crippen LogP contribution in [0.5, 0.6) is 0 Å². The Balaban J connectivity index is 4.31. The van der Waals surface area contributed by atoms with E-state index in [0.29, 0.717) is 0 Å². The highest BCUT2D eigenvalue weighted by Crippen LogP contribution is 2.02. The van der Waals surface area contributed by atoms with Crippen LogP contribution < -0.4 is 0 Å². The van der Waals surface area contributed by atoms with Crippen LogP contribution in [0.25, 0.3) is 0 Å². The minimum Gasteiger partial charge on any atom is -0.371 e. The molecule has 0 fully saturated rings. The van der Waals surface area contributed by atoms with Gasteiger partial charge in [0.1, 0.15) is 0 Å². The fourth-order valence-corrected chi connectivity index (χ4v) is 0.845. The largest absolute Gasteiger partial charge is 0.371 e. The molecule has 0 N–H and O–H groups in total. The molecule has 0 atom stereocenters. The summed E-state index contributed by atoms with van der Waals surface area (Å²) in [6.45, 7) is 10.2. The van der Waals surface area contributed by atoms with Gasteiger partial charge in [-0.25, -0.2) is 0 Å². The quantitative estimate of drug-likeness (QED) is 0.445. The van der Waals surface area contributed by atoms with E-state index in [1.54, 1.807) is 0 Å². The average Bonchev–Trinajstić information content (AvgIpc) is 2.06. The molecule has 0 aliphatic carbocycles. The summed E-state index contributed by atoms with van der Waals surface area (Å²) in [5.74, 6) is 0. The van der Waals surface area contributed by atoms with Gasteiger partial charge >= 0.3 is 0 Å². The highest BCUT2D eigenvalue weighted by molar-refractivity contribution is 5.20. The molecule has 0 saturated carbocycles. The third-order valence-corrected chi connectivity index (χ3v) is 1.51. The number of hydrogen-bond acceptors (Lipinski definition) is 1. The Morgan fingerprint density at radius 1 is 1.42 bits per heavy atom. The fourth-order valence-electron chi connectivity index (χ4n) is 0.845. The Hall–Kier alpha value is -1.24. The second-order valence-corrected chi connectivity index (χ2v) is 2.49. The highest BCUT2D eigenvalue weighted by Gasteiger charge is 1.94. The molecule has 1 nitrogen and oxygen atoms in total. The predicted octanol–water partition coefficient (Wildman–Crippen LogP) is 2.75. The summed E-state index contributed by atoms with van der Waals surface area (Å²) in [6.07, 6.45) is 9.72. The van der Waals surface area contributed by atoms with Crippen molar-refractivity contribution in [3.63, 3.8) is 0 Å². The van der Waals surface area contributed by atoms with E-state index in [-0.39, 0.29) is 0 Å². The lowest BCUT2D eigenvalue weighted by Crippen LogP contribution is -2.15. The summed E-state index contributed by atoms with van der Waals surface area (Å²) in [5, 5.41) is 0. The van der Waals surface area contributed by atoms with E-state index in [0.717, 1.165) is 12.2 Å². The van der Waals surface area contributed by atoms with Gasteiger partial charge in [-0.2, -0.15) is 0 Å². The first-order valence-corrected chi connectivity index (χ1v) is 4.03. The van der Waals surface area contributed by atoms with Crippen molar-refractivity contribution >= 4 is 0 Å². The summed E-state index contributed by atoms with van der Waals surface area (Å²) < 4.78 is 0. The van der Waals surface area contributed by atoms with Gasteiger partial charge in [0.2, 0.25) is 0 Å². The third-order valence-electron chi connectivity index (χ3n) is 1.51. The van der Waals surface area contributed by atoms with Crippen LogP contribution in [0, 0.1) is 0 Å². The van der Waals surface area contributed by atoms with Gasteiger partial charge in [0.25, 0.3) is 0 Å². The van der Waals surface area contributed by atoms with Gasteiger partial charge in [0.15, 0.2) is 0 Å². The number of hydrogen-bond donors (Lipinski definition) is 0. The third kappa shape index (κ3) is 3.81. The van der Waals surface area contributed by atoms with Gasteiger partial charge in [0, 0.05) is 19.3 Å². The number of nitrogens with zero attached hydrogens (tertiary/aromatic N) is 1. The Morgan fingerprint density at radius 3 is 2.50 bits per heavy atom. The average molecular weight is 163 g/mol. The van der Waals surface area contributed by atoms with E-state index >= 15 is 0 Å². The van der Waals surface area contributed by atoms with E-state index < -0.39 is 0 Å². The van der Waals surface area contributed by atoms with Crippen LogP contribution in [0.4, 0.5) is 0 Å². The topological polar surface area (TPSA) is 3.24 Å². The molecule has 0 aliphatic heterocycles.